The van der Waals surface area contributed by atoms with Crippen LogP contribution in [-0.2, 0) is 14.3 Å². The quantitative estimate of drug-likeness (QED) is 0.190. The van der Waals surface area contributed by atoms with E-state index in [1.807, 2.05) is 24.3 Å². The van der Waals surface area contributed by atoms with Crippen molar-refractivity contribution < 1.29 is 23.9 Å². The third-order valence-corrected chi connectivity index (χ3v) is 8.77. The molecule has 47 heavy (non-hydrogen) atoms. The number of para-hydroxylation sites is 2. The Hall–Kier alpha value is -4.67. The van der Waals surface area contributed by atoms with Crippen molar-refractivity contribution in [2.75, 3.05) is 57.6 Å². The minimum Gasteiger partial charge on any atom is -0.497 e. The molecule has 5 rings (SSSR count). The van der Waals surface area contributed by atoms with Gasteiger partial charge < -0.3 is 30.7 Å². The van der Waals surface area contributed by atoms with Gasteiger partial charge in [-0.3, -0.25) is 19.3 Å². The maximum atomic E-state index is 14.2. The number of ether oxygens (including phenoxy) is 2. The van der Waals surface area contributed by atoms with Gasteiger partial charge in [-0.15, -0.1) is 0 Å². The molecule has 0 bridgehead atoms. The summed E-state index contributed by atoms with van der Waals surface area (Å²) >= 11 is 0. The molecule has 3 aromatic rings. The lowest BCUT2D eigenvalue weighted by atomic mass is 9.94. The Labute approximate surface area is 276 Å². The van der Waals surface area contributed by atoms with Crippen molar-refractivity contribution in [1.29, 1.82) is 0 Å². The third kappa shape index (κ3) is 9.43. The van der Waals surface area contributed by atoms with Crippen LogP contribution in [0.1, 0.15) is 59.6 Å². The molecule has 3 amide bonds. The van der Waals surface area contributed by atoms with Gasteiger partial charge in [0.1, 0.15) is 11.8 Å². The molecule has 1 atom stereocenters. The summed E-state index contributed by atoms with van der Waals surface area (Å²) in [6, 6.07) is 20.7. The van der Waals surface area contributed by atoms with Crippen LogP contribution < -0.4 is 21.1 Å². The van der Waals surface area contributed by atoms with Crippen molar-refractivity contribution in [3.05, 3.63) is 95.6 Å². The van der Waals surface area contributed by atoms with Crippen molar-refractivity contribution in [3.63, 3.8) is 0 Å². The number of methoxy groups -OCH3 is 1. The summed E-state index contributed by atoms with van der Waals surface area (Å²) in [6.45, 7) is 3.80. The Balaban J connectivity index is 1.41. The van der Waals surface area contributed by atoms with Gasteiger partial charge in [-0.25, -0.2) is 0 Å². The highest BCUT2D eigenvalue weighted by Crippen LogP contribution is 2.27. The smallest absolute Gasteiger partial charge is 0.254 e. The molecule has 1 aliphatic heterocycles. The van der Waals surface area contributed by atoms with E-state index in [9.17, 15) is 14.4 Å². The van der Waals surface area contributed by atoms with Gasteiger partial charge in [0.2, 0.25) is 11.8 Å². The molecular weight excluding hydrogens is 594 g/mol. The van der Waals surface area contributed by atoms with Crippen LogP contribution in [0.25, 0.3) is 6.08 Å². The van der Waals surface area contributed by atoms with Crippen LogP contribution in [0.15, 0.2) is 78.9 Å². The molecule has 1 aliphatic carbocycles. The molecule has 10 heteroatoms. The highest BCUT2D eigenvalue weighted by molar-refractivity contribution is 6.03. The number of carbonyl (C=O) groups is 3. The molecule has 1 unspecified atom stereocenters. The second-order valence-electron chi connectivity index (χ2n) is 12.0. The van der Waals surface area contributed by atoms with Gasteiger partial charge in [0, 0.05) is 43.9 Å². The number of nitrogen functional groups attached to an aromatic ring is 1. The van der Waals surface area contributed by atoms with Gasteiger partial charge in [0.15, 0.2) is 0 Å². The van der Waals surface area contributed by atoms with E-state index in [2.05, 4.69) is 15.5 Å². The zero-order chi connectivity index (χ0) is 33.0. The summed E-state index contributed by atoms with van der Waals surface area (Å²) in [5.41, 5.74) is 8.93. The molecule has 4 N–H and O–H groups in total. The van der Waals surface area contributed by atoms with Crippen molar-refractivity contribution in [3.8, 4) is 5.75 Å². The standard InChI is InChI=1S/C37H45N5O5/c1-46-31-18-16-29(17-19-31)37(45)42(22-21-41-23-25-47-26-24-41)35(36(44)39-30-7-3-2-4-8-30)28-14-11-27(12-15-28)13-20-34(43)40-33-10-6-5-9-32(33)38/h5-6,9-20,30,35H,2-4,7-8,21-26,38H2,1H3,(H,39,44)(H,40,43). The van der Waals surface area contributed by atoms with E-state index in [0.717, 1.165) is 44.3 Å². The van der Waals surface area contributed by atoms with Crippen LogP contribution in [0.3, 0.4) is 0 Å². The highest BCUT2D eigenvalue weighted by Gasteiger charge is 2.34. The number of amides is 3. The maximum Gasteiger partial charge on any atom is 0.254 e. The van der Waals surface area contributed by atoms with Gasteiger partial charge >= 0.3 is 0 Å². The van der Waals surface area contributed by atoms with Crippen LogP contribution >= 0.6 is 0 Å². The topological polar surface area (TPSA) is 126 Å². The number of nitrogens with zero attached hydrogens (tertiary/aromatic N) is 2. The minimum absolute atomic E-state index is 0.0790. The molecule has 2 fully saturated rings. The Morgan fingerprint density at radius 1 is 0.979 bits per heavy atom. The Bertz CT molecular complexity index is 1510. The lowest BCUT2D eigenvalue weighted by Gasteiger charge is -2.35. The van der Waals surface area contributed by atoms with Gasteiger partial charge in [-0.05, 0) is 66.4 Å². The van der Waals surface area contributed by atoms with E-state index < -0.39 is 6.04 Å². The lowest BCUT2D eigenvalue weighted by Crippen LogP contribution is -2.50. The van der Waals surface area contributed by atoms with Gasteiger partial charge in [-0.1, -0.05) is 55.7 Å². The van der Waals surface area contributed by atoms with Crippen molar-refractivity contribution >= 4 is 35.2 Å². The van der Waals surface area contributed by atoms with E-state index in [-0.39, 0.29) is 23.8 Å². The molecule has 0 aromatic heterocycles. The Morgan fingerprint density at radius 3 is 2.36 bits per heavy atom. The highest BCUT2D eigenvalue weighted by atomic mass is 16.5. The first-order valence-corrected chi connectivity index (χ1v) is 16.4. The Morgan fingerprint density at radius 2 is 1.68 bits per heavy atom. The predicted molar refractivity (Wildman–Crippen MR) is 184 cm³/mol. The van der Waals surface area contributed by atoms with Gasteiger partial charge in [0.25, 0.3) is 5.91 Å². The first kappa shape index (κ1) is 33.7. The number of morpholine rings is 1. The molecule has 2 aliphatic rings. The number of carbonyl (C=O) groups excluding carboxylic acids is 3. The average Bonchev–Trinajstić information content (AvgIpc) is 3.11. The van der Waals surface area contributed by atoms with Crippen LogP contribution in [0, 0.1) is 0 Å². The number of hydrogen-bond donors (Lipinski definition) is 3. The first-order valence-electron chi connectivity index (χ1n) is 16.4. The molecule has 0 radical (unpaired) electrons. The van der Waals surface area contributed by atoms with Crippen LogP contribution in [-0.4, -0.2) is 80.1 Å². The number of benzene rings is 3. The van der Waals surface area contributed by atoms with E-state index >= 15 is 0 Å². The molecule has 1 heterocycles. The summed E-state index contributed by atoms with van der Waals surface area (Å²) in [4.78, 5) is 45.0. The number of nitrogens with one attached hydrogen (secondary N) is 2. The Kier molecular flexibility index (Phi) is 12.0. The molecule has 248 valence electrons. The lowest BCUT2D eigenvalue weighted by molar-refractivity contribution is -0.127. The fourth-order valence-electron chi connectivity index (χ4n) is 6.07. The summed E-state index contributed by atoms with van der Waals surface area (Å²) < 4.78 is 10.8. The largest absolute Gasteiger partial charge is 0.497 e. The number of anilines is 2. The SMILES string of the molecule is COc1ccc(C(=O)N(CCN2CCOCC2)C(C(=O)NC2CCCCC2)c2ccc(C=CC(=O)Nc3ccccc3N)cc2)cc1. The van der Waals surface area contributed by atoms with E-state index in [1.54, 1.807) is 66.6 Å². The predicted octanol–water partition coefficient (Wildman–Crippen LogP) is 4.89. The van der Waals surface area contributed by atoms with Gasteiger partial charge in [-0.2, -0.15) is 0 Å². The summed E-state index contributed by atoms with van der Waals surface area (Å²) in [7, 11) is 1.58. The molecular formula is C37H45N5O5. The van der Waals surface area contributed by atoms with Crippen molar-refractivity contribution in [2.45, 2.75) is 44.2 Å². The first-order chi connectivity index (χ1) is 22.9. The second kappa shape index (κ2) is 16.8. The normalized spacial score (nSPS) is 16.4. The zero-order valence-corrected chi connectivity index (χ0v) is 27.0. The third-order valence-electron chi connectivity index (χ3n) is 8.77. The molecule has 3 aromatic carbocycles. The zero-order valence-electron chi connectivity index (χ0n) is 27.0. The van der Waals surface area contributed by atoms with E-state index in [1.165, 1.54) is 12.5 Å². The summed E-state index contributed by atoms with van der Waals surface area (Å²) in [5.74, 6) is -0.0805. The average molecular weight is 640 g/mol. The maximum absolute atomic E-state index is 14.2. The minimum atomic E-state index is -0.852. The van der Waals surface area contributed by atoms with Crippen molar-refractivity contribution in [2.24, 2.45) is 0 Å². The number of hydrogen-bond acceptors (Lipinski definition) is 7. The van der Waals surface area contributed by atoms with Crippen LogP contribution in [0.2, 0.25) is 0 Å². The monoisotopic (exact) mass is 639 g/mol. The summed E-state index contributed by atoms with van der Waals surface area (Å²) in [6.07, 6.45) is 8.32. The second-order valence-corrected chi connectivity index (χ2v) is 12.0. The fraction of sp³-hybridized carbons (Fsp3) is 0.378. The fourth-order valence-corrected chi connectivity index (χ4v) is 6.07. The van der Waals surface area contributed by atoms with Crippen molar-refractivity contribution in [1.82, 2.24) is 15.1 Å². The number of rotatable bonds is 12. The molecule has 1 saturated carbocycles. The van der Waals surface area contributed by atoms with Crippen LogP contribution in [0.5, 0.6) is 5.75 Å². The van der Waals surface area contributed by atoms with Crippen LogP contribution in [0.4, 0.5) is 11.4 Å². The molecule has 0 spiro atoms. The van der Waals surface area contributed by atoms with E-state index in [4.69, 9.17) is 15.2 Å². The van der Waals surface area contributed by atoms with E-state index in [0.29, 0.717) is 54.6 Å². The molecule has 10 nitrogen and oxygen atoms in total. The number of nitrogens with two attached hydrogens (primary N) is 1. The molecule has 1 saturated heterocycles. The summed E-state index contributed by atoms with van der Waals surface area (Å²) in [5, 5.41) is 6.07. The van der Waals surface area contributed by atoms with Gasteiger partial charge in [0.05, 0.1) is 31.7 Å².